The van der Waals surface area contributed by atoms with E-state index in [1.807, 2.05) is 18.2 Å². The molecule has 0 bridgehead atoms. The van der Waals surface area contributed by atoms with E-state index >= 15 is 0 Å². The molecule has 2 aromatic heterocycles. The molecule has 1 saturated heterocycles. The summed E-state index contributed by atoms with van der Waals surface area (Å²) in [4.78, 5) is 29.8. The lowest BCUT2D eigenvalue weighted by Gasteiger charge is -2.46. The second kappa shape index (κ2) is 7.52. The van der Waals surface area contributed by atoms with Crippen LogP contribution in [0.2, 0.25) is 0 Å². The van der Waals surface area contributed by atoms with Crippen molar-refractivity contribution in [1.82, 2.24) is 14.9 Å². The number of hydrogen-bond donors (Lipinski definition) is 3. The van der Waals surface area contributed by atoms with Gasteiger partial charge in [-0.3, -0.25) is 14.9 Å². The van der Waals surface area contributed by atoms with Crippen LogP contribution in [0.5, 0.6) is 0 Å². The van der Waals surface area contributed by atoms with Gasteiger partial charge in [-0.1, -0.05) is 19.1 Å². The van der Waals surface area contributed by atoms with Gasteiger partial charge in [0.2, 0.25) is 11.9 Å². The molecule has 3 heterocycles. The molecule has 0 radical (unpaired) electrons. The summed E-state index contributed by atoms with van der Waals surface area (Å²) in [7, 11) is 0. The maximum atomic E-state index is 12.9. The lowest BCUT2D eigenvalue weighted by atomic mass is 9.65. The highest BCUT2D eigenvalue weighted by Crippen LogP contribution is 2.53. The Morgan fingerprint density at radius 1 is 1.23 bits per heavy atom. The van der Waals surface area contributed by atoms with Gasteiger partial charge in [0.05, 0.1) is 20.9 Å². The monoisotopic (exact) mass is 423 g/mol. The van der Waals surface area contributed by atoms with Crippen molar-refractivity contribution in [2.75, 3.05) is 23.7 Å². The SMILES string of the molecule is CCC(=O)Nc1ccc(C(=O)Nc2nc3ccccc3n2[C@H]2C[C@@]3(CCNC3)C2)s1. The van der Waals surface area contributed by atoms with Crippen molar-refractivity contribution in [3.63, 3.8) is 0 Å². The number of benzene rings is 1. The van der Waals surface area contributed by atoms with Gasteiger partial charge in [-0.15, -0.1) is 11.3 Å². The molecular formula is C22H25N5O2S. The van der Waals surface area contributed by atoms with E-state index in [1.54, 1.807) is 19.1 Å². The summed E-state index contributed by atoms with van der Waals surface area (Å²) in [6.07, 6.45) is 3.84. The zero-order valence-corrected chi connectivity index (χ0v) is 17.7. The first-order valence-corrected chi connectivity index (χ1v) is 11.3. The molecule has 1 aromatic carbocycles. The normalized spacial score (nSPS) is 22.9. The van der Waals surface area contributed by atoms with Crippen LogP contribution in [-0.2, 0) is 4.79 Å². The van der Waals surface area contributed by atoms with E-state index in [0.29, 0.717) is 33.7 Å². The molecule has 5 rings (SSSR count). The molecule has 1 saturated carbocycles. The molecule has 7 nitrogen and oxygen atoms in total. The molecule has 1 spiro atoms. The van der Waals surface area contributed by atoms with Gasteiger partial charge in [0, 0.05) is 19.0 Å². The minimum Gasteiger partial charge on any atom is -0.318 e. The molecular weight excluding hydrogens is 398 g/mol. The predicted molar refractivity (Wildman–Crippen MR) is 119 cm³/mol. The van der Waals surface area contributed by atoms with E-state index < -0.39 is 0 Å². The van der Waals surface area contributed by atoms with Gasteiger partial charge in [0.1, 0.15) is 0 Å². The molecule has 0 unspecified atom stereocenters. The van der Waals surface area contributed by atoms with E-state index in [2.05, 4.69) is 26.6 Å². The quantitative estimate of drug-likeness (QED) is 0.579. The summed E-state index contributed by atoms with van der Waals surface area (Å²) in [5.74, 6) is 0.329. The van der Waals surface area contributed by atoms with Crippen LogP contribution in [0.15, 0.2) is 36.4 Å². The smallest absolute Gasteiger partial charge is 0.268 e. The van der Waals surface area contributed by atoms with Gasteiger partial charge in [0.25, 0.3) is 5.91 Å². The first-order chi connectivity index (χ1) is 14.6. The fourth-order valence-electron chi connectivity index (χ4n) is 4.68. The number of nitrogens with one attached hydrogen (secondary N) is 3. The van der Waals surface area contributed by atoms with Crippen LogP contribution < -0.4 is 16.0 Å². The lowest BCUT2D eigenvalue weighted by molar-refractivity contribution is -0.115. The van der Waals surface area contributed by atoms with Crippen LogP contribution in [0.4, 0.5) is 10.9 Å². The molecule has 3 N–H and O–H groups in total. The predicted octanol–water partition coefficient (Wildman–Crippen LogP) is 4.01. The highest BCUT2D eigenvalue weighted by Gasteiger charge is 2.47. The van der Waals surface area contributed by atoms with Crippen molar-refractivity contribution in [3.8, 4) is 0 Å². The molecule has 2 amide bonds. The third-order valence-corrected chi connectivity index (χ3v) is 7.27. The van der Waals surface area contributed by atoms with Crippen LogP contribution in [0.3, 0.4) is 0 Å². The van der Waals surface area contributed by atoms with Crippen molar-refractivity contribution in [2.45, 2.75) is 38.6 Å². The van der Waals surface area contributed by atoms with Crippen LogP contribution in [0, 0.1) is 5.41 Å². The van der Waals surface area contributed by atoms with Crippen molar-refractivity contribution in [1.29, 1.82) is 0 Å². The Labute approximate surface area is 178 Å². The molecule has 30 heavy (non-hydrogen) atoms. The lowest BCUT2D eigenvalue weighted by Crippen LogP contribution is -2.40. The molecule has 0 atom stereocenters. The minimum atomic E-state index is -0.204. The Balaban J connectivity index is 1.39. The van der Waals surface area contributed by atoms with Crippen LogP contribution in [0.25, 0.3) is 11.0 Å². The molecule has 1 aliphatic carbocycles. The molecule has 2 fully saturated rings. The van der Waals surface area contributed by atoms with Gasteiger partial charge in [0.15, 0.2) is 0 Å². The van der Waals surface area contributed by atoms with Crippen molar-refractivity contribution >= 4 is 45.1 Å². The Kier molecular flexibility index (Phi) is 4.83. The zero-order chi connectivity index (χ0) is 20.7. The van der Waals surface area contributed by atoms with Crippen LogP contribution >= 0.6 is 11.3 Å². The summed E-state index contributed by atoms with van der Waals surface area (Å²) < 4.78 is 2.20. The molecule has 3 aromatic rings. The maximum Gasteiger partial charge on any atom is 0.268 e. The highest BCUT2D eigenvalue weighted by molar-refractivity contribution is 7.18. The Morgan fingerprint density at radius 2 is 2.07 bits per heavy atom. The summed E-state index contributed by atoms with van der Waals surface area (Å²) >= 11 is 1.27. The third kappa shape index (κ3) is 3.40. The number of aromatic nitrogens is 2. The number of anilines is 2. The standard InChI is InChI=1S/C22H25N5O2S/c1-2-18(28)25-19-8-7-17(30-19)20(29)26-21-24-15-5-3-4-6-16(15)27(21)14-11-22(12-14)9-10-23-13-22/h3-8,14,23H,2,9-13H2,1H3,(H,25,28)(H,24,26,29)/t14-,22-. The zero-order valence-electron chi connectivity index (χ0n) is 16.9. The number of thiophene rings is 1. The molecule has 1 aliphatic heterocycles. The largest absolute Gasteiger partial charge is 0.318 e. The number of imidazole rings is 1. The first kappa shape index (κ1) is 19.3. The molecule has 156 valence electrons. The van der Waals surface area contributed by atoms with E-state index in [-0.39, 0.29) is 11.8 Å². The second-order valence-corrected chi connectivity index (χ2v) is 9.39. The van der Waals surface area contributed by atoms with E-state index in [0.717, 1.165) is 37.0 Å². The number of carbonyl (C=O) groups excluding carboxylic acids is 2. The highest BCUT2D eigenvalue weighted by atomic mass is 32.1. The fraction of sp³-hybridized carbons (Fsp3) is 0.409. The number of hydrogen-bond acceptors (Lipinski definition) is 5. The number of fused-ring (bicyclic) bond motifs is 1. The van der Waals surface area contributed by atoms with E-state index in [1.165, 1.54) is 17.8 Å². The van der Waals surface area contributed by atoms with Gasteiger partial charge in [-0.05, 0) is 55.5 Å². The molecule has 8 heteroatoms. The summed E-state index contributed by atoms with van der Waals surface area (Å²) in [6, 6.07) is 11.9. The second-order valence-electron chi connectivity index (χ2n) is 8.30. The van der Waals surface area contributed by atoms with Crippen molar-refractivity contribution in [3.05, 3.63) is 41.3 Å². The first-order valence-electron chi connectivity index (χ1n) is 10.5. The minimum absolute atomic E-state index is 0.0640. The Hall–Kier alpha value is -2.71. The average molecular weight is 424 g/mol. The average Bonchev–Trinajstić information content (AvgIpc) is 3.44. The van der Waals surface area contributed by atoms with E-state index in [9.17, 15) is 9.59 Å². The van der Waals surface area contributed by atoms with Gasteiger partial charge in [-0.25, -0.2) is 4.98 Å². The third-order valence-electron chi connectivity index (χ3n) is 6.27. The molecule has 2 aliphatic rings. The summed E-state index contributed by atoms with van der Waals surface area (Å²) in [5, 5.41) is 9.98. The van der Waals surface area contributed by atoms with E-state index in [4.69, 9.17) is 4.98 Å². The number of carbonyl (C=O) groups is 2. The van der Waals surface area contributed by atoms with Crippen LogP contribution in [0.1, 0.15) is 48.3 Å². The van der Waals surface area contributed by atoms with Crippen molar-refractivity contribution in [2.24, 2.45) is 5.41 Å². The summed E-state index contributed by atoms with van der Waals surface area (Å²) in [6.45, 7) is 3.98. The number of nitrogens with zero attached hydrogens (tertiary/aromatic N) is 2. The fourth-order valence-corrected chi connectivity index (χ4v) is 5.50. The van der Waals surface area contributed by atoms with Gasteiger partial charge in [-0.2, -0.15) is 0 Å². The van der Waals surface area contributed by atoms with Crippen LogP contribution in [-0.4, -0.2) is 34.5 Å². The van der Waals surface area contributed by atoms with Gasteiger partial charge >= 0.3 is 0 Å². The Bertz CT molecular complexity index is 1100. The number of amides is 2. The van der Waals surface area contributed by atoms with Gasteiger partial charge < -0.3 is 15.2 Å². The van der Waals surface area contributed by atoms with Crippen molar-refractivity contribution < 1.29 is 9.59 Å². The maximum absolute atomic E-state index is 12.9. The summed E-state index contributed by atoms with van der Waals surface area (Å²) in [5.41, 5.74) is 2.35. The number of para-hydroxylation sites is 2. The number of rotatable bonds is 5. The Morgan fingerprint density at radius 3 is 2.83 bits per heavy atom. The topological polar surface area (TPSA) is 88.1 Å².